The van der Waals surface area contributed by atoms with Gasteiger partial charge in [-0.2, -0.15) is 9.50 Å². The van der Waals surface area contributed by atoms with Crippen molar-refractivity contribution in [3.05, 3.63) is 62.9 Å². The third-order valence-electron chi connectivity index (χ3n) is 5.03. The molecule has 0 radical (unpaired) electrons. The Morgan fingerprint density at radius 1 is 1.03 bits per heavy atom. The first kappa shape index (κ1) is 21.8. The Labute approximate surface area is 189 Å². The molecule has 4 rings (SSSR count). The summed E-state index contributed by atoms with van der Waals surface area (Å²) in [5.41, 5.74) is 1.37. The van der Waals surface area contributed by atoms with Crippen molar-refractivity contribution < 1.29 is 14.2 Å². The molecule has 32 heavy (non-hydrogen) atoms. The number of methoxy groups -OCH3 is 2. The van der Waals surface area contributed by atoms with Gasteiger partial charge >= 0.3 is 0 Å². The molecule has 0 bridgehead atoms. The zero-order valence-electron chi connectivity index (χ0n) is 18.3. The first-order valence-electron chi connectivity index (χ1n) is 10.5. The average Bonchev–Trinajstić information content (AvgIpc) is 3.36. The summed E-state index contributed by atoms with van der Waals surface area (Å²) in [6, 6.07) is 13.1. The van der Waals surface area contributed by atoms with Gasteiger partial charge in [0.25, 0.3) is 5.56 Å². The van der Waals surface area contributed by atoms with E-state index in [-0.39, 0.29) is 5.56 Å². The highest BCUT2D eigenvalue weighted by molar-refractivity contribution is 7.15. The molecule has 2 aromatic heterocycles. The largest absolute Gasteiger partial charge is 0.497 e. The average molecular weight is 452 g/mol. The van der Waals surface area contributed by atoms with Gasteiger partial charge in [-0.1, -0.05) is 31.1 Å². The number of nitrogens with zero attached hydrogens (tertiary/aromatic N) is 3. The van der Waals surface area contributed by atoms with E-state index in [2.05, 4.69) is 17.0 Å². The minimum atomic E-state index is -0.218. The van der Waals surface area contributed by atoms with E-state index in [0.29, 0.717) is 33.4 Å². The lowest BCUT2D eigenvalue weighted by Crippen LogP contribution is -2.23. The summed E-state index contributed by atoms with van der Waals surface area (Å²) in [5, 5.41) is 4.42. The molecule has 0 aliphatic heterocycles. The Balaban J connectivity index is 1.60. The maximum absolute atomic E-state index is 12.9. The van der Waals surface area contributed by atoms with E-state index in [1.54, 1.807) is 26.4 Å². The summed E-state index contributed by atoms with van der Waals surface area (Å²) < 4.78 is 18.3. The number of hydrogen-bond donors (Lipinski definition) is 0. The van der Waals surface area contributed by atoms with E-state index in [4.69, 9.17) is 14.2 Å². The predicted molar refractivity (Wildman–Crippen MR) is 126 cm³/mol. The van der Waals surface area contributed by atoms with Crippen LogP contribution >= 0.6 is 11.3 Å². The van der Waals surface area contributed by atoms with Crippen molar-refractivity contribution in [1.82, 2.24) is 14.6 Å². The number of hydrogen-bond acceptors (Lipinski definition) is 7. The summed E-state index contributed by atoms with van der Waals surface area (Å²) in [7, 11) is 3.19. The van der Waals surface area contributed by atoms with Crippen LogP contribution in [-0.4, -0.2) is 35.4 Å². The van der Waals surface area contributed by atoms with Crippen LogP contribution in [0.1, 0.15) is 31.7 Å². The van der Waals surface area contributed by atoms with E-state index in [9.17, 15) is 4.79 Å². The Hall–Kier alpha value is -3.39. The van der Waals surface area contributed by atoms with Crippen LogP contribution in [0.5, 0.6) is 17.2 Å². The zero-order chi connectivity index (χ0) is 22.5. The molecular formula is C24H25N3O4S. The second-order valence-electron chi connectivity index (χ2n) is 7.23. The molecule has 4 aromatic rings. The van der Waals surface area contributed by atoms with Crippen molar-refractivity contribution in [2.75, 3.05) is 20.8 Å². The van der Waals surface area contributed by atoms with Gasteiger partial charge < -0.3 is 14.2 Å². The van der Waals surface area contributed by atoms with E-state index in [1.807, 2.05) is 36.4 Å². The second-order valence-corrected chi connectivity index (χ2v) is 8.24. The summed E-state index contributed by atoms with van der Waals surface area (Å²) in [6.07, 6.45) is 5.15. The molecule has 7 nitrogen and oxygen atoms in total. The van der Waals surface area contributed by atoms with E-state index >= 15 is 0 Å². The third kappa shape index (κ3) is 4.60. The predicted octanol–water partition coefficient (Wildman–Crippen LogP) is 3.95. The molecule has 0 saturated heterocycles. The van der Waals surface area contributed by atoms with Crippen LogP contribution in [-0.2, 0) is 0 Å². The highest BCUT2D eigenvalue weighted by Crippen LogP contribution is 2.25. The van der Waals surface area contributed by atoms with Crippen molar-refractivity contribution in [2.24, 2.45) is 0 Å². The van der Waals surface area contributed by atoms with Gasteiger partial charge in [0.05, 0.1) is 25.4 Å². The molecule has 166 valence electrons. The van der Waals surface area contributed by atoms with Gasteiger partial charge in [-0.15, -0.1) is 5.10 Å². The van der Waals surface area contributed by atoms with Gasteiger partial charge in [-0.25, -0.2) is 0 Å². The monoisotopic (exact) mass is 451 g/mol. The Bertz CT molecular complexity index is 1310. The van der Waals surface area contributed by atoms with Crippen LogP contribution in [0, 0.1) is 0 Å². The standard InChI is InChI=1S/C24H25N3O4S/c1-4-5-6-13-31-18-9-7-16(8-10-18)22-25-24-27(26-22)23(28)21(32-24)15-17-14-19(29-2)11-12-20(17)30-3/h7-12,14-15H,4-6,13H2,1-3H3/b21-15+. The minimum absolute atomic E-state index is 0.218. The van der Waals surface area contributed by atoms with E-state index < -0.39 is 0 Å². The zero-order valence-corrected chi connectivity index (χ0v) is 19.1. The van der Waals surface area contributed by atoms with Crippen molar-refractivity contribution >= 4 is 22.4 Å². The highest BCUT2D eigenvalue weighted by Gasteiger charge is 2.13. The van der Waals surface area contributed by atoms with Crippen molar-refractivity contribution in [3.63, 3.8) is 0 Å². The fourth-order valence-corrected chi connectivity index (χ4v) is 4.19. The lowest BCUT2D eigenvalue weighted by atomic mass is 10.2. The number of fused-ring (bicyclic) bond motifs is 1. The number of unbranched alkanes of at least 4 members (excludes halogenated alkanes) is 2. The molecule has 8 heteroatoms. The van der Waals surface area contributed by atoms with Gasteiger partial charge in [0.1, 0.15) is 17.2 Å². The van der Waals surface area contributed by atoms with Crippen molar-refractivity contribution in [3.8, 4) is 28.6 Å². The van der Waals surface area contributed by atoms with Crippen molar-refractivity contribution in [1.29, 1.82) is 0 Å². The fraction of sp³-hybridized carbons (Fsp3) is 0.292. The molecule has 0 amide bonds. The first-order valence-corrected chi connectivity index (χ1v) is 11.3. The summed E-state index contributed by atoms with van der Waals surface area (Å²) in [6.45, 7) is 2.88. The van der Waals surface area contributed by atoms with Gasteiger partial charge in [0, 0.05) is 11.1 Å². The number of aromatic nitrogens is 3. The Morgan fingerprint density at radius 2 is 1.81 bits per heavy atom. The molecule has 0 spiro atoms. The fourth-order valence-electron chi connectivity index (χ4n) is 3.29. The molecule has 0 N–H and O–H groups in total. The normalized spacial score (nSPS) is 11.8. The topological polar surface area (TPSA) is 75.0 Å². The van der Waals surface area contributed by atoms with E-state index in [1.165, 1.54) is 22.3 Å². The van der Waals surface area contributed by atoms with Gasteiger partial charge in [0.15, 0.2) is 5.82 Å². The lowest BCUT2D eigenvalue weighted by molar-refractivity contribution is 0.306. The molecular weight excluding hydrogens is 426 g/mol. The third-order valence-corrected chi connectivity index (χ3v) is 5.99. The van der Waals surface area contributed by atoms with Crippen LogP contribution < -0.4 is 24.3 Å². The van der Waals surface area contributed by atoms with Crippen LogP contribution in [0.3, 0.4) is 0 Å². The quantitative estimate of drug-likeness (QED) is 0.359. The van der Waals surface area contributed by atoms with Crippen LogP contribution in [0.4, 0.5) is 0 Å². The summed E-state index contributed by atoms with van der Waals surface area (Å²) in [4.78, 5) is 18.0. The number of ether oxygens (including phenoxy) is 3. The maximum atomic E-state index is 12.9. The number of thiazole rings is 1. The summed E-state index contributed by atoms with van der Waals surface area (Å²) >= 11 is 1.29. The van der Waals surface area contributed by atoms with Gasteiger partial charge in [-0.05, 0) is 55.0 Å². The van der Waals surface area contributed by atoms with Gasteiger partial charge in [-0.3, -0.25) is 4.79 Å². The Morgan fingerprint density at radius 3 is 2.50 bits per heavy atom. The molecule has 0 atom stereocenters. The smallest absolute Gasteiger partial charge is 0.291 e. The van der Waals surface area contributed by atoms with Gasteiger partial charge in [0.2, 0.25) is 4.96 Å². The summed E-state index contributed by atoms with van der Waals surface area (Å²) in [5.74, 6) is 2.67. The molecule has 0 aliphatic rings. The molecule has 0 fully saturated rings. The molecule has 0 saturated carbocycles. The minimum Gasteiger partial charge on any atom is -0.497 e. The maximum Gasteiger partial charge on any atom is 0.291 e. The SMILES string of the molecule is CCCCCOc1ccc(-c2nc3s/c(=C/c4cc(OC)ccc4OC)c(=O)n3n2)cc1. The molecule has 0 unspecified atom stereocenters. The molecule has 0 aliphatic carbocycles. The van der Waals surface area contributed by atoms with Crippen LogP contribution in [0.25, 0.3) is 22.4 Å². The lowest BCUT2D eigenvalue weighted by Gasteiger charge is -2.06. The number of rotatable bonds is 9. The van der Waals surface area contributed by atoms with Crippen LogP contribution in [0.15, 0.2) is 47.3 Å². The second kappa shape index (κ2) is 9.82. The highest BCUT2D eigenvalue weighted by atomic mass is 32.1. The molecule has 2 heterocycles. The molecule has 2 aromatic carbocycles. The van der Waals surface area contributed by atoms with E-state index in [0.717, 1.165) is 29.7 Å². The Kier molecular flexibility index (Phi) is 6.70. The van der Waals surface area contributed by atoms with Crippen LogP contribution in [0.2, 0.25) is 0 Å². The first-order chi connectivity index (χ1) is 15.6. The van der Waals surface area contributed by atoms with Crippen molar-refractivity contribution in [2.45, 2.75) is 26.2 Å². The number of benzene rings is 2.